The summed E-state index contributed by atoms with van der Waals surface area (Å²) >= 11 is 0. The molecule has 0 spiro atoms. The van der Waals surface area contributed by atoms with Crippen molar-refractivity contribution in [1.82, 2.24) is 9.88 Å². The summed E-state index contributed by atoms with van der Waals surface area (Å²) in [4.78, 5) is 20.8. The van der Waals surface area contributed by atoms with Gasteiger partial charge in [-0.1, -0.05) is 6.92 Å². The third-order valence-corrected chi connectivity index (χ3v) is 4.09. The molecule has 0 aliphatic carbocycles. The molecular formula is C19H27N3O3. The molecule has 0 aliphatic rings. The first-order valence-corrected chi connectivity index (χ1v) is 8.41. The van der Waals surface area contributed by atoms with Crippen molar-refractivity contribution in [3.05, 3.63) is 29.8 Å². The Balaban J connectivity index is 2.43. The first-order chi connectivity index (χ1) is 12.0. The van der Waals surface area contributed by atoms with Crippen molar-refractivity contribution < 1.29 is 14.3 Å². The lowest BCUT2D eigenvalue weighted by Crippen LogP contribution is -2.33. The number of fused-ring (bicyclic) bond motifs is 1. The van der Waals surface area contributed by atoms with Gasteiger partial charge in [-0.25, -0.2) is 4.98 Å². The van der Waals surface area contributed by atoms with Crippen molar-refractivity contribution in [3.63, 3.8) is 0 Å². The van der Waals surface area contributed by atoms with Crippen LogP contribution < -0.4 is 9.64 Å². The maximum absolute atomic E-state index is 12.3. The fourth-order valence-electron chi connectivity index (χ4n) is 2.73. The summed E-state index contributed by atoms with van der Waals surface area (Å²) in [5.41, 5.74) is 1.89. The second-order valence-electron chi connectivity index (χ2n) is 6.09. The van der Waals surface area contributed by atoms with Gasteiger partial charge < -0.3 is 19.3 Å². The highest BCUT2D eigenvalue weighted by Gasteiger charge is 2.17. The van der Waals surface area contributed by atoms with Crippen molar-refractivity contribution in [2.24, 2.45) is 0 Å². The number of aromatic nitrogens is 1. The molecule has 1 amide bonds. The van der Waals surface area contributed by atoms with Gasteiger partial charge in [0, 0.05) is 57.7 Å². The number of ether oxygens (including phenoxy) is 2. The zero-order valence-electron chi connectivity index (χ0n) is 15.7. The largest absolute Gasteiger partial charge is 0.497 e. The number of hydrogen-bond donors (Lipinski definition) is 0. The lowest BCUT2D eigenvalue weighted by atomic mass is 10.1. The van der Waals surface area contributed by atoms with Gasteiger partial charge in [-0.05, 0) is 18.2 Å². The monoisotopic (exact) mass is 345 g/mol. The number of rotatable bonds is 8. The van der Waals surface area contributed by atoms with Crippen LogP contribution in [0.25, 0.3) is 10.9 Å². The van der Waals surface area contributed by atoms with Gasteiger partial charge in [0.05, 0.1) is 19.2 Å². The molecule has 0 bridgehead atoms. The number of pyridine rings is 1. The van der Waals surface area contributed by atoms with Gasteiger partial charge in [0.25, 0.3) is 0 Å². The molecule has 0 saturated heterocycles. The molecule has 1 heterocycles. The van der Waals surface area contributed by atoms with E-state index >= 15 is 0 Å². The molecule has 0 radical (unpaired) electrons. The van der Waals surface area contributed by atoms with Crippen LogP contribution in [-0.2, 0) is 16.1 Å². The Kier molecular flexibility index (Phi) is 6.58. The highest BCUT2D eigenvalue weighted by Crippen LogP contribution is 2.26. The van der Waals surface area contributed by atoms with Crippen LogP contribution in [0.4, 0.5) is 5.82 Å². The highest BCUT2D eigenvalue weighted by molar-refractivity contribution is 5.83. The average Bonchev–Trinajstić information content (AvgIpc) is 2.63. The molecule has 0 fully saturated rings. The van der Waals surface area contributed by atoms with Crippen LogP contribution in [0.2, 0.25) is 0 Å². The SMILES string of the molecule is CCC(=O)N(CCOC)Cc1cc2ccc(OC)cc2nc1N(C)C. The van der Waals surface area contributed by atoms with Crippen LogP contribution in [0.3, 0.4) is 0 Å². The smallest absolute Gasteiger partial charge is 0.222 e. The molecule has 2 rings (SSSR count). The molecule has 0 atom stereocenters. The molecular weight excluding hydrogens is 318 g/mol. The van der Waals surface area contributed by atoms with Crippen LogP contribution in [0.5, 0.6) is 5.75 Å². The maximum atomic E-state index is 12.3. The summed E-state index contributed by atoms with van der Waals surface area (Å²) in [6, 6.07) is 7.93. The van der Waals surface area contributed by atoms with E-state index in [0.29, 0.717) is 26.1 Å². The van der Waals surface area contributed by atoms with Crippen LogP contribution in [0.15, 0.2) is 24.3 Å². The maximum Gasteiger partial charge on any atom is 0.222 e. The lowest BCUT2D eigenvalue weighted by Gasteiger charge is -2.25. The van der Waals surface area contributed by atoms with Crippen molar-refractivity contribution in [2.75, 3.05) is 46.4 Å². The second kappa shape index (κ2) is 8.67. The van der Waals surface area contributed by atoms with E-state index in [9.17, 15) is 4.79 Å². The van der Waals surface area contributed by atoms with Crippen LogP contribution in [0.1, 0.15) is 18.9 Å². The number of anilines is 1. The van der Waals surface area contributed by atoms with Gasteiger partial charge in [0.15, 0.2) is 0 Å². The fraction of sp³-hybridized carbons (Fsp3) is 0.474. The number of carbonyl (C=O) groups is 1. The number of nitrogens with zero attached hydrogens (tertiary/aromatic N) is 3. The van der Waals surface area contributed by atoms with Crippen molar-refractivity contribution in [2.45, 2.75) is 19.9 Å². The van der Waals surface area contributed by atoms with Gasteiger partial charge in [-0.15, -0.1) is 0 Å². The van der Waals surface area contributed by atoms with Gasteiger partial charge in [-0.2, -0.15) is 0 Å². The fourth-order valence-corrected chi connectivity index (χ4v) is 2.73. The van der Waals surface area contributed by atoms with Crippen molar-refractivity contribution in [1.29, 1.82) is 0 Å². The molecule has 0 saturated carbocycles. The summed E-state index contributed by atoms with van der Waals surface area (Å²) in [6.07, 6.45) is 0.471. The molecule has 136 valence electrons. The van der Waals surface area contributed by atoms with E-state index in [1.54, 1.807) is 14.2 Å². The Morgan fingerprint density at radius 2 is 1.96 bits per heavy atom. The molecule has 0 unspecified atom stereocenters. The predicted molar refractivity (Wildman–Crippen MR) is 100 cm³/mol. The van der Waals surface area contributed by atoms with Crippen LogP contribution in [-0.4, -0.2) is 57.3 Å². The Morgan fingerprint density at radius 3 is 2.56 bits per heavy atom. The Hall–Kier alpha value is -2.34. The summed E-state index contributed by atoms with van der Waals surface area (Å²) in [5, 5.41) is 1.03. The first kappa shape index (κ1) is 19.0. The standard InChI is InChI=1S/C19H27N3O3/c1-6-18(23)22(9-10-24-4)13-15-11-14-7-8-16(25-5)12-17(14)20-19(15)21(2)3/h7-8,11-12H,6,9-10,13H2,1-5H3. The number of methoxy groups -OCH3 is 2. The molecule has 0 N–H and O–H groups in total. The highest BCUT2D eigenvalue weighted by atomic mass is 16.5. The normalized spacial score (nSPS) is 10.8. The predicted octanol–water partition coefficient (Wildman–Crippen LogP) is 2.69. The lowest BCUT2D eigenvalue weighted by molar-refractivity contribution is -0.132. The number of hydrogen-bond acceptors (Lipinski definition) is 5. The molecule has 1 aromatic heterocycles. The van der Waals surface area contributed by atoms with Gasteiger partial charge >= 0.3 is 0 Å². The van der Waals surface area contributed by atoms with E-state index in [4.69, 9.17) is 14.5 Å². The van der Waals surface area contributed by atoms with E-state index in [0.717, 1.165) is 28.0 Å². The summed E-state index contributed by atoms with van der Waals surface area (Å²) in [5.74, 6) is 1.74. The zero-order valence-corrected chi connectivity index (χ0v) is 15.7. The van der Waals surface area contributed by atoms with Crippen LogP contribution >= 0.6 is 0 Å². The zero-order chi connectivity index (χ0) is 18.4. The Labute approximate surface area is 149 Å². The summed E-state index contributed by atoms with van der Waals surface area (Å²) in [6.45, 7) is 3.47. The topological polar surface area (TPSA) is 54.9 Å². The van der Waals surface area contributed by atoms with Crippen LogP contribution in [0, 0.1) is 0 Å². The quantitative estimate of drug-likeness (QED) is 0.736. The van der Waals surface area contributed by atoms with Gasteiger partial charge in [0.2, 0.25) is 5.91 Å². The number of amides is 1. The van der Waals surface area contributed by atoms with E-state index < -0.39 is 0 Å². The molecule has 6 heteroatoms. The Morgan fingerprint density at radius 1 is 1.20 bits per heavy atom. The molecule has 1 aromatic carbocycles. The average molecular weight is 345 g/mol. The third-order valence-electron chi connectivity index (χ3n) is 4.09. The minimum Gasteiger partial charge on any atom is -0.497 e. The number of benzene rings is 1. The van der Waals surface area contributed by atoms with Crippen molar-refractivity contribution in [3.8, 4) is 5.75 Å². The number of carbonyl (C=O) groups excluding carboxylic acids is 1. The molecule has 0 aliphatic heterocycles. The molecule has 6 nitrogen and oxygen atoms in total. The van der Waals surface area contributed by atoms with Crippen molar-refractivity contribution >= 4 is 22.6 Å². The summed E-state index contributed by atoms with van der Waals surface area (Å²) < 4.78 is 10.4. The van der Waals surface area contributed by atoms with E-state index in [2.05, 4.69) is 6.07 Å². The Bertz CT molecular complexity index is 731. The van der Waals surface area contributed by atoms with Gasteiger partial charge in [-0.3, -0.25) is 4.79 Å². The van der Waals surface area contributed by atoms with Gasteiger partial charge in [0.1, 0.15) is 11.6 Å². The molecule has 2 aromatic rings. The first-order valence-electron chi connectivity index (χ1n) is 8.41. The van der Waals surface area contributed by atoms with E-state index in [-0.39, 0.29) is 5.91 Å². The minimum atomic E-state index is 0.108. The minimum absolute atomic E-state index is 0.108. The molecule has 25 heavy (non-hydrogen) atoms. The summed E-state index contributed by atoms with van der Waals surface area (Å²) in [7, 11) is 7.20. The second-order valence-corrected chi connectivity index (χ2v) is 6.09. The third kappa shape index (κ3) is 4.60. The van der Waals surface area contributed by atoms with E-state index in [1.165, 1.54) is 0 Å². The van der Waals surface area contributed by atoms with E-state index in [1.807, 2.05) is 49.0 Å².